The Hall–Kier alpha value is -3.41. The first-order valence-electron chi connectivity index (χ1n) is 9.43. The Kier molecular flexibility index (Phi) is 4.93. The normalized spacial score (nSPS) is 13.0. The van der Waals surface area contributed by atoms with Crippen molar-refractivity contribution in [2.24, 2.45) is 0 Å². The molecule has 1 aliphatic heterocycles. The molecule has 28 heavy (non-hydrogen) atoms. The van der Waals surface area contributed by atoms with Crippen LogP contribution in [0.1, 0.15) is 22.5 Å². The second kappa shape index (κ2) is 7.68. The van der Waals surface area contributed by atoms with Gasteiger partial charge in [-0.2, -0.15) is 0 Å². The molecule has 2 aromatic carbocycles. The standard InChI is InChI=1S/C22H24N6/c1-15-13-16(2)25-22(24-15)27-21(23)26-19-7-9-20(10-8-19)28-12-11-17-5-3-4-6-18(17)14-28/h3-10,13H,11-12,14H2,1-2H3,(H3,23,24,25,26,27). The Morgan fingerprint density at radius 3 is 2.32 bits per heavy atom. The van der Waals surface area contributed by atoms with Gasteiger partial charge in [0.25, 0.3) is 0 Å². The highest BCUT2D eigenvalue weighted by atomic mass is 15.2. The molecule has 0 unspecified atom stereocenters. The van der Waals surface area contributed by atoms with Crippen molar-refractivity contribution in [3.05, 3.63) is 77.1 Å². The van der Waals surface area contributed by atoms with Gasteiger partial charge in [-0.3, -0.25) is 10.7 Å². The minimum absolute atomic E-state index is 0.143. The predicted molar refractivity (Wildman–Crippen MR) is 114 cm³/mol. The number of benzene rings is 2. The number of hydrogen-bond donors (Lipinski definition) is 3. The van der Waals surface area contributed by atoms with Gasteiger partial charge in [0.2, 0.25) is 5.95 Å². The summed E-state index contributed by atoms with van der Waals surface area (Å²) in [6.45, 7) is 5.78. The Morgan fingerprint density at radius 2 is 1.61 bits per heavy atom. The molecule has 0 fully saturated rings. The zero-order chi connectivity index (χ0) is 19.5. The van der Waals surface area contributed by atoms with Crippen LogP contribution >= 0.6 is 0 Å². The highest BCUT2D eigenvalue weighted by Crippen LogP contribution is 2.25. The molecule has 1 aromatic heterocycles. The van der Waals surface area contributed by atoms with Crippen LogP contribution < -0.4 is 15.5 Å². The summed E-state index contributed by atoms with van der Waals surface area (Å²) in [6, 6.07) is 18.7. The fraction of sp³-hybridized carbons (Fsp3) is 0.227. The van der Waals surface area contributed by atoms with E-state index < -0.39 is 0 Å². The van der Waals surface area contributed by atoms with E-state index in [1.165, 1.54) is 16.8 Å². The Balaban J connectivity index is 1.39. The van der Waals surface area contributed by atoms with Crippen molar-refractivity contribution in [3.63, 3.8) is 0 Å². The van der Waals surface area contributed by atoms with Gasteiger partial charge < -0.3 is 10.2 Å². The Labute approximate surface area is 165 Å². The lowest BCUT2D eigenvalue weighted by Gasteiger charge is -2.30. The van der Waals surface area contributed by atoms with E-state index in [1.807, 2.05) is 32.0 Å². The van der Waals surface area contributed by atoms with Crippen LogP contribution in [0.3, 0.4) is 0 Å². The van der Waals surface area contributed by atoms with Gasteiger partial charge in [0.05, 0.1) is 0 Å². The number of aromatic nitrogens is 2. The Bertz CT molecular complexity index is 976. The molecule has 0 radical (unpaired) electrons. The summed E-state index contributed by atoms with van der Waals surface area (Å²) in [5.41, 5.74) is 6.63. The zero-order valence-electron chi connectivity index (χ0n) is 16.2. The molecule has 0 amide bonds. The predicted octanol–water partition coefficient (Wildman–Crippen LogP) is 4.11. The van der Waals surface area contributed by atoms with Crippen LogP contribution in [0, 0.1) is 19.3 Å². The largest absolute Gasteiger partial charge is 0.367 e. The lowest BCUT2D eigenvalue weighted by Crippen LogP contribution is -2.30. The molecule has 0 bridgehead atoms. The number of fused-ring (bicyclic) bond motifs is 1. The van der Waals surface area contributed by atoms with E-state index in [0.717, 1.165) is 36.6 Å². The van der Waals surface area contributed by atoms with Gasteiger partial charge in [0, 0.05) is 35.9 Å². The summed E-state index contributed by atoms with van der Waals surface area (Å²) in [6.07, 6.45) is 1.07. The van der Waals surface area contributed by atoms with Crippen molar-refractivity contribution in [3.8, 4) is 0 Å². The van der Waals surface area contributed by atoms with Gasteiger partial charge in [-0.15, -0.1) is 0 Å². The third-order valence-corrected chi connectivity index (χ3v) is 4.85. The summed E-state index contributed by atoms with van der Waals surface area (Å²) in [4.78, 5) is 11.0. The molecule has 6 nitrogen and oxygen atoms in total. The molecule has 3 N–H and O–H groups in total. The molecule has 3 aromatic rings. The van der Waals surface area contributed by atoms with E-state index in [4.69, 9.17) is 5.41 Å². The maximum atomic E-state index is 8.12. The monoisotopic (exact) mass is 372 g/mol. The van der Waals surface area contributed by atoms with E-state index in [9.17, 15) is 0 Å². The highest BCUT2D eigenvalue weighted by molar-refractivity contribution is 6.00. The number of anilines is 3. The lowest BCUT2D eigenvalue weighted by atomic mass is 9.99. The molecule has 0 saturated carbocycles. The molecular formula is C22H24N6. The van der Waals surface area contributed by atoms with Crippen LogP contribution in [-0.2, 0) is 13.0 Å². The van der Waals surface area contributed by atoms with Crippen LogP contribution in [0.4, 0.5) is 17.3 Å². The SMILES string of the molecule is Cc1cc(C)nc(NC(=N)Nc2ccc(N3CCc4ccccc4C3)cc2)n1. The second-order valence-electron chi connectivity index (χ2n) is 7.09. The molecule has 6 heteroatoms. The number of nitrogens with one attached hydrogen (secondary N) is 3. The molecule has 2 heterocycles. The van der Waals surface area contributed by atoms with Crippen molar-refractivity contribution in [1.82, 2.24) is 9.97 Å². The fourth-order valence-electron chi connectivity index (χ4n) is 3.54. The summed E-state index contributed by atoms with van der Waals surface area (Å²) >= 11 is 0. The van der Waals surface area contributed by atoms with Crippen LogP contribution in [0.25, 0.3) is 0 Å². The van der Waals surface area contributed by atoms with E-state index >= 15 is 0 Å². The van der Waals surface area contributed by atoms with Gasteiger partial charge in [0.1, 0.15) is 0 Å². The fourth-order valence-corrected chi connectivity index (χ4v) is 3.54. The second-order valence-corrected chi connectivity index (χ2v) is 7.09. The third kappa shape index (κ3) is 4.11. The number of nitrogens with zero attached hydrogens (tertiary/aromatic N) is 3. The van der Waals surface area contributed by atoms with E-state index in [-0.39, 0.29) is 5.96 Å². The van der Waals surface area contributed by atoms with E-state index in [1.54, 1.807) is 0 Å². The van der Waals surface area contributed by atoms with Crippen molar-refractivity contribution >= 4 is 23.3 Å². The van der Waals surface area contributed by atoms with Crippen LogP contribution in [0.2, 0.25) is 0 Å². The van der Waals surface area contributed by atoms with Crippen molar-refractivity contribution in [2.45, 2.75) is 26.8 Å². The molecular weight excluding hydrogens is 348 g/mol. The summed E-state index contributed by atoms with van der Waals surface area (Å²) < 4.78 is 0. The molecule has 4 rings (SSSR count). The van der Waals surface area contributed by atoms with Gasteiger partial charge in [-0.25, -0.2) is 9.97 Å². The third-order valence-electron chi connectivity index (χ3n) is 4.85. The van der Waals surface area contributed by atoms with Crippen molar-refractivity contribution in [1.29, 1.82) is 5.41 Å². The lowest BCUT2D eigenvalue weighted by molar-refractivity contribution is 0.732. The van der Waals surface area contributed by atoms with Gasteiger partial charge >= 0.3 is 0 Å². The van der Waals surface area contributed by atoms with Gasteiger partial charge in [-0.1, -0.05) is 24.3 Å². The van der Waals surface area contributed by atoms with Crippen molar-refractivity contribution in [2.75, 3.05) is 22.1 Å². The quantitative estimate of drug-likeness (QED) is 0.476. The van der Waals surface area contributed by atoms with Crippen LogP contribution in [0.15, 0.2) is 54.6 Å². The maximum absolute atomic E-state index is 8.12. The van der Waals surface area contributed by atoms with Crippen molar-refractivity contribution < 1.29 is 0 Å². The van der Waals surface area contributed by atoms with Gasteiger partial charge in [0.15, 0.2) is 5.96 Å². The zero-order valence-corrected chi connectivity index (χ0v) is 16.2. The number of aryl methyl sites for hydroxylation is 2. The average molecular weight is 372 g/mol. The molecule has 142 valence electrons. The minimum Gasteiger partial charge on any atom is -0.367 e. The molecule has 0 aliphatic carbocycles. The summed E-state index contributed by atoms with van der Waals surface area (Å²) in [5.74, 6) is 0.572. The first-order valence-corrected chi connectivity index (χ1v) is 9.43. The first-order chi connectivity index (χ1) is 13.6. The maximum Gasteiger partial charge on any atom is 0.229 e. The first kappa shape index (κ1) is 18.0. The summed E-state index contributed by atoms with van der Waals surface area (Å²) in [7, 11) is 0. The topological polar surface area (TPSA) is 76.9 Å². The summed E-state index contributed by atoms with van der Waals surface area (Å²) in [5, 5.41) is 14.1. The number of guanidine groups is 1. The van der Waals surface area contributed by atoms with Gasteiger partial charge in [-0.05, 0) is 61.7 Å². The molecule has 0 saturated heterocycles. The van der Waals surface area contributed by atoms with Crippen LogP contribution in [0.5, 0.6) is 0 Å². The van der Waals surface area contributed by atoms with Crippen LogP contribution in [-0.4, -0.2) is 22.5 Å². The minimum atomic E-state index is 0.143. The highest BCUT2D eigenvalue weighted by Gasteiger charge is 2.16. The molecule has 1 aliphatic rings. The number of rotatable bonds is 3. The van der Waals surface area contributed by atoms with E-state index in [2.05, 4.69) is 61.9 Å². The number of hydrogen-bond acceptors (Lipinski definition) is 4. The molecule has 0 atom stereocenters. The van der Waals surface area contributed by atoms with E-state index in [0.29, 0.717) is 5.95 Å². The Morgan fingerprint density at radius 1 is 0.929 bits per heavy atom. The smallest absolute Gasteiger partial charge is 0.229 e. The average Bonchev–Trinajstić information content (AvgIpc) is 2.67. The molecule has 0 spiro atoms.